The molecule has 4 nitrogen and oxygen atoms in total. The fourth-order valence-corrected chi connectivity index (χ4v) is 2.76. The van der Waals surface area contributed by atoms with Crippen LogP contribution in [0, 0.1) is 5.92 Å². The van der Waals surface area contributed by atoms with Gasteiger partial charge in [-0.3, -0.25) is 9.59 Å². The number of carbonyl (C=O) groups is 2. The molecule has 0 bridgehead atoms. The number of amides is 2. The van der Waals surface area contributed by atoms with Crippen LogP contribution in [0.5, 0.6) is 0 Å². The van der Waals surface area contributed by atoms with Gasteiger partial charge in [0.15, 0.2) is 0 Å². The van der Waals surface area contributed by atoms with Crippen molar-refractivity contribution in [3.05, 3.63) is 41.0 Å². The SMILES string of the molecule is NC(=O)[C@@H]1CCCN(C(=O)/C=C\c2cc(C(F)(F)F)cc(C(F)(F)F)c2)C1. The molecule has 1 aliphatic rings. The van der Waals surface area contributed by atoms with Crippen molar-refractivity contribution in [1.82, 2.24) is 4.90 Å². The van der Waals surface area contributed by atoms with Gasteiger partial charge < -0.3 is 10.6 Å². The van der Waals surface area contributed by atoms with Gasteiger partial charge in [0.05, 0.1) is 17.0 Å². The van der Waals surface area contributed by atoms with E-state index in [1.807, 2.05) is 0 Å². The highest BCUT2D eigenvalue weighted by atomic mass is 19.4. The second-order valence-corrected chi connectivity index (χ2v) is 6.20. The molecule has 0 saturated carbocycles. The van der Waals surface area contributed by atoms with E-state index in [1.165, 1.54) is 4.90 Å². The van der Waals surface area contributed by atoms with Crippen LogP contribution in [0.15, 0.2) is 24.3 Å². The van der Waals surface area contributed by atoms with Crippen LogP contribution >= 0.6 is 0 Å². The van der Waals surface area contributed by atoms with Crippen molar-refractivity contribution >= 4 is 17.9 Å². The summed E-state index contributed by atoms with van der Waals surface area (Å²) in [5, 5.41) is 0. The maximum Gasteiger partial charge on any atom is 0.416 e. The molecule has 1 fully saturated rings. The van der Waals surface area contributed by atoms with Gasteiger partial charge in [-0.15, -0.1) is 0 Å². The predicted octanol–water partition coefficient (Wildman–Crippen LogP) is 3.46. The number of hydrogen-bond acceptors (Lipinski definition) is 2. The smallest absolute Gasteiger partial charge is 0.369 e. The summed E-state index contributed by atoms with van der Waals surface area (Å²) in [4.78, 5) is 24.6. The number of primary amides is 1. The average molecular weight is 394 g/mol. The molecule has 0 unspecified atom stereocenters. The third-order valence-corrected chi connectivity index (χ3v) is 4.16. The number of nitrogens with zero attached hydrogens (tertiary/aromatic N) is 1. The summed E-state index contributed by atoms with van der Waals surface area (Å²) in [7, 11) is 0. The van der Waals surface area contributed by atoms with Crippen LogP contribution in [-0.4, -0.2) is 29.8 Å². The standard InChI is InChI=1S/C17H16F6N2O2/c18-16(19,20)12-6-10(7-13(8-12)17(21,22)23)3-4-14(26)25-5-1-2-11(9-25)15(24)27/h3-4,6-8,11H,1-2,5,9H2,(H2,24,27)/b4-3-/t11-/m1/s1. The van der Waals surface area contributed by atoms with Crippen LogP contribution in [0.1, 0.15) is 29.5 Å². The van der Waals surface area contributed by atoms with Crippen LogP contribution in [0.25, 0.3) is 6.08 Å². The molecule has 2 N–H and O–H groups in total. The van der Waals surface area contributed by atoms with Crippen molar-refractivity contribution in [3.8, 4) is 0 Å². The molecule has 0 aliphatic carbocycles. The molecule has 10 heteroatoms. The lowest BCUT2D eigenvalue weighted by Gasteiger charge is -2.30. The van der Waals surface area contributed by atoms with Gasteiger partial charge in [-0.1, -0.05) is 0 Å². The highest BCUT2D eigenvalue weighted by Gasteiger charge is 2.36. The van der Waals surface area contributed by atoms with Crippen molar-refractivity contribution < 1.29 is 35.9 Å². The number of piperidine rings is 1. The second-order valence-electron chi connectivity index (χ2n) is 6.20. The summed E-state index contributed by atoms with van der Waals surface area (Å²) in [5.41, 5.74) is 1.87. The molecule has 1 saturated heterocycles. The molecule has 1 atom stereocenters. The molecule has 2 rings (SSSR count). The maximum absolute atomic E-state index is 12.8. The zero-order valence-corrected chi connectivity index (χ0v) is 13.9. The van der Waals surface area contributed by atoms with E-state index in [-0.39, 0.29) is 12.6 Å². The van der Waals surface area contributed by atoms with Gasteiger partial charge in [-0.05, 0) is 42.7 Å². The van der Waals surface area contributed by atoms with Crippen molar-refractivity contribution in [2.24, 2.45) is 11.7 Å². The van der Waals surface area contributed by atoms with E-state index in [1.54, 1.807) is 0 Å². The summed E-state index contributed by atoms with van der Waals surface area (Å²) in [6.07, 6.45) is -7.11. The van der Waals surface area contributed by atoms with Crippen molar-refractivity contribution in [1.29, 1.82) is 0 Å². The first-order valence-electron chi connectivity index (χ1n) is 7.93. The van der Waals surface area contributed by atoms with Gasteiger partial charge in [0.2, 0.25) is 11.8 Å². The molecule has 1 aliphatic heterocycles. The summed E-state index contributed by atoms with van der Waals surface area (Å²) in [6, 6.07) is 1.07. The van der Waals surface area contributed by atoms with E-state index < -0.39 is 46.8 Å². The first kappa shape index (κ1) is 20.8. The first-order valence-corrected chi connectivity index (χ1v) is 7.93. The van der Waals surface area contributed by atoms with E-state index in [2.05, 4.69) is 0 Å². The molecular weight excluding hydrogens is 378 g/mol. The Bertz CT molecular complexity index is 723. The first-order chi connectivity index (χ1) is 12.4. The Kier molecular flexibility index (Phi) is 5.86. The van der Waals surface area contributed by atoms with Crippen LogP contribution in [0.4, 0.5) is 26.3 Å². The van der Waals surface area contributed by atoms with Crippen molar-refractivity contribution in [3.63, 3.8) is 0 Å². The van der Waals surface area contributed by atoms with Gasteiger partial charge in [0, 0.05) is 19.2 Å². The fourth-order valence-electron chi connectivity index (χ4n) is 2.76. The fraction of sp³-hybridized carbons (Fsp3) is 0.412. The lowest BCUT2D eigenvalue weighted by molar-refractivity contribution is -0.143. The maximum atomic E-state index is 12.8. The lowest BCUT2D eigenvalue weighted by atomic mass is 9.97. The largest absolute Gasteiger partial charge is 0.416 e. The zero-order valence-electron chi connectivity index (χ0n) is 13.9. The minimum Gasteiger partial charge on any atom is -0.369 e. The second kappa shape index (κ2) is 7.61. The molecule has 2 amide bonds. The number of likely N-dealkylation sites (tertiary alicyclic amines) is 1. The molecular formula is C17H16F6N2O2. The molecule has 27 heavy (non-hydrogen) atoms. The number of nitrogens with two attached hydrogens (primary N) is 1. The van der Waals surface area contributed by atoms with Crippen molar-refractivity contribution in [2.75, 3.05) is 13.1 Å². The molecule has 1 aromatic rings. The van der Waals surface area contributed by atoms with Crippen LogP contribution in [-0.2, 0) is 21.9 Å². The molecule has 0 radical (unpaired) electrons. The number of hydrogen-bond donors (Lipinski definition) is 1. The number of benzene rings is 1. The highest BCUT2D eigenvalue weighted by Crippen LogP contribution is 2.36. The van der Waals surface area contributed by atoms with E-state index in [0.717, 1.165) is 12.2 Å². The topological polar surface area (TPSA) is 63.4 Å². The monoisotopic (exact) mass is 394 g/mol. The molecule has 1 aromatic carbocycles. The summed E-state index contributed by atoms with van der Waals surface area (Å²) >= 11 is 0. The number of carbonyl (C=O) groups excluding carboxylic acids is 2. The summed E-state index contributed by atoms with van der Waals surface area (Å²) in [5.74, 6) is -1.71. The third-order valence-electron chi connectivity index (χ3n) is 4.16. The van der Waals surface area contributed by atoms with Gasteiger partial charge in [0.1, 0.15) is 0 Å². The third kappa shape index (κ3) is 5.48. The molecule has 0 spiro atoms. The molecule has 148 valence electrons. The van der Waals surface area contributed by atoms with E-state index >= 15 is 0 Å². The Labute approximate surface area is 150 Å². The Hall–Kier alpha value is -2.52. The van der Waals surface area contributed by atoms with Gasteiger partial charge in [-0.2, -0.15) is 26.3 Å². The van der Waals surface area contributed by atoms with Crippen LogP contribution in [0.2, 0.25) is 0 Å². The zero-order chi connectivity index (χ0) is 20.4. The average Bonchev–Trinajstić information content (AvgIpc) is 2.58. The van der Waals surface area contributed by atoms with E-state index in [9.17, 15) is 35.9 Å². The number of rotatable bonds is 3. The normalized spacial score (nSPS) is 18.7. The number of halogens is 6. The summed E-state index contributed by atoms with van der Waals surface area (Å²) < 4.78 is 77.0. The summed E-state index contributed by atoms with van der Waals surface area (Å²) in [6.45, 7) is 0.387. The minimum absolute atomic E-state index is 0.0151. The van der Waals surface area contributed by atoms with E-state index in [4.69, 9.17) is 5.73 Å². The lowest BCUT2D eigenvalue weighted by Crippen LogP contribution is -2.43. The Morgan fingerprint density at radius 1 is 1.04 bits per heavy atom. The van der Waals surface area contributed by atoms with Crippen molar-refractivity contribution in [2.45, 2.75) is 25.2 Å². The quantitative estimate of drug-likeness (QED) is 0.631. The Balaban J connectivity index is 2.25. The number of alkyl halides is 6. The molecule has 1 heterocycles. The van der Waals surface area contributed by atoms with Crippen LogP contribution in [0.3, 0.4) is 0 Å². The Morgan fingerprint density at radius 2 is 1.59 bits per heavy atom. The van der Waals surface area contributed by atoms with Gasteiger partial charge in [0.25, 0.3) is 0 Å². The van der Waals surface area contributed by atoms with Crippen LogP contribution < -0.4 is 5.73 Å². The minimum atomic E-state index is -4.96. The van der Waals surface area contributed by atoms with Gasteiger partial charge >= 0.3 is 12.4 Å². The van der Waals surface area contributed by atoms with Gasteiger partial charge in [-0.25, -0.2) is 0 Å². The Morgan fingerprint density at radius 3 is 2.07 bits per heavy atom. The van der Waals surface area contributed by atoms with E-state index in [0.29, 0.717) is 31.5 Å². The predicted molar refractivity (Wildman–Crippen MR) is 84.0 cm³/mol. The highest BCUT2D eigenvalue weighted by molar-refractivity contribution is 5.92. The molecule has 0 aromatic heterocycles.